The SMILES string of the molecule is CSCC[C@H](NC(=O)OCC1c2ccccc2-c2ccccc21)C(=O)NC1CCC(C(=O)O)C1. The minimum atomic E-state index is -0.826. The third kappa shape index (κ3) is 5.38. The molecule has 1 saturated carbocycles. The Morgan fingerprint density at radius 2 is 1.71 bits per heavy atom. The Hall–Kier alpha value is -3.00. The number of alkyl carbamates (subject to hydrolysis) is 1. The molecule has 7 nitrogen and oxygen atoms in total. The van der Waals surface area contributed by atoms with Crippen molar-refractivity contribution in [3.63, 3.8) is 0 Å². The maximum atomic E-state index is 12.9. The summed E-state index contributed by atoms with van der Waals surface area (Å²) in [5.41, 5.74) is 4.56. The zero-order valence-electron chi connectivity index (χ0n) is 19.2. The van der Waals surface area contributed by atoms with Gasteiger partial charge in [0.05, 0.1) is 5.92 Å². The highest BCUT2D eigenvalue weighted by molar-refractivity contribution is 7.98. The van der Waals surface area contributed by atoms with E-state index >= 15 is 0 Å². The van der Waals surface area contributed by atoms with Crippen LogP contribution in [0.1, 0.15) is 42.7 Å². The van der Waals surface area contributed by atoms with Gasteiger partial charge in [0.15, 0.2) is 0 Å². The molecule has 4 rings (SSSR count). The average Bonchev–Trinajstić information content (AvgIpc) is 3.43. The third-order valence-electron chi connectivity index (χ3n) is 6.69. The number of carbonyl (C=O) groups is 3. The van der Waals surface area contributed by atoms with Gasteiger partial charge < -0.3 is 20.5 Å². The monoisotopic (exact) mass is 482 g/mol. The van der Waals surface area contributed by atoms with Gasteiger partial charge in [-0.05, 0) is 59.9 Å². The van der Waals surface area contributed by atoms with E-state index in [1.807, 2.05) is 30.5 Å². The molecule has 3 N–H and O–H groups in total. The molecule has 2 aliphatic rings. The number of benzene rings is 2. The van der Waals surface area contributed by atoms with Gasteiger partial charge in [-0.2, -0.15) is 11.8 Å². The molecule has 0 saturated heterocycles. The molecular weight excluding hydrogens is 452 g/mol. The summed E-state index contributed by atoms with van der Waals surface area (Å²) in [5.74, 6) is -0.899. The lowest BCUT2D eigenvalue weighted by Gasteiger charge is -2.21. The van der Waals surface area contributed by atoms with Gasteiger partial charge in [0.2, 0.25) is 5.91 Å². The van der Waals surface area contributed by atoms with Crippen molar-refractivity contribution in [1.82, 2.24) is 10.6 Å². The van der Waals surface area contributed by atoms with Gasteiger partial charge in [-0.1, -0.05) is 48.5 Å². The number of fused-ring (bicyclic) bond motifs is 3. The van der Waals surface area contributed by atoms with Crippen LogP contribution in [0.15, 0.2) is 48.5 Å². The zero-order valence-corrected chi connectivity index (χ0v) is 20.0. The molecule has 3 atom stereocenters. The van der Waals surface area contributed by atoms with Crippen LogP contribution in [0.3, 0.4) is 0 Å². The first kappa shape index (κ1) is 24.1. The molecule has 180 valence electrons. The highest BCUT2D eigenvalue weighted by Gasteiger charge is 2.33. The molecule has 34 heavy (non-hydrogen) atoms. The van der Waals surface area contributed by atoms with E-state index < -0.39 is 24.0 Å². The molecule has 2 aliphatic carbocycles. The first-order chi connectivity index (χ1) is 16.5. The fraction of sp³-hybridized carbons (Fsp3) is 0.423. The Labute approximate surface area is 203 Å². The maximum absolute atomic E-state index is 12.9. The van der Waals surface area contributed by atoms with Crippen molar-refractivity contribution in [2.24, 2.45) is 5.92 Å². The Balaban J connectivity index is 1.36. The number of hydrogen-bond donors (Lipinski definition) is 3. The predicted molar refractivity (Wildman–Crippen MR) is 132 cm³/mol. The van der Waals surface area contributed by atoms with Crippen LogP contribution in [-0.2, 0) is 14.3 Å². The van der Waals surface area contributed by atoms with Crippen LogP contribution in [0.25, 0.3) is 11.1 Å². The Bertz CT molecular complexity index is 1010. The number of carbonyl (C=O) groups excluding carboxylic acids is 2. The smallest absolute Gasteiger partial charge is 0.407 e. The second kappa shape index (κ2) is 11.0. The van der Waals surface area contributed by atoms with Crippen molar-refractivity contribution in [2.45, 2.75) is 43.7 Å². The van der Waals surface area contributed by atoms with Crippen molar-refractivity contribution < 1.29 is 24.2 Å². The molecule has 0 aliphatic heterocycles. The summed E-state index contributed by atoms with van der Waals surface area (Å²) >= 11 is 1.59. The van der Waals surface area contributed by atoms with E-state index in [0.717, 1.165) is 22.3 Å². The van der Waals surface area contributed by atoms with Gasteiger partial charge in [-0.15, -0.1) is 0 Å². The number of aliphatic carboxylic acids is 1. The summed E-state index contributed by atoms with van der Waals surface area (Å²) in [6, 6.07) is 15.3. The van der Waals surface area contributed by atoms with E-state index in [4.69, 9.17) is 4.74 Å². The number of carboxylic acids is 1. The van der Waals surface area contributed by atoms with Crippen molar-refractivity contribution in [2.75, 3.05) is 18.6 Å². The number of hydrogen-bond acceptors (Lipinski definition) is 5. The van der Waals surface area contributed by atoms with Gasteiger partial charge in [0, 0.05) is 12.0 Å². The van der Waals surface area contributed by atoms with Crippen LogP contribution < -0.4 is 10.6 Å². The van der Waals surface area contributed by atoms with E-state index in [9.17, 15) is 19.5 Å². The first-order valence-electron chi connectivity index (χ1n) is 11.6. The summed E-state index contributed by atoms with van der Waals surface area (Å²) in [7, 11) is 0. The fourth-order valence-corrected chi connectivity index (χ4v) is 5.40. The highest BCUT2D eigenvalue weighted by atomic mass is 32.2. The lowest BCUT2D eigenvalue weighted by atomic mass is 9.98. The van der Waals surface area contributed by atoms with Crippen LogP contribution in [0.2, 0.25) is 0 Å². The van der Waals surface area contributed by atoms with Crippen molar-refractivity contribution in [1.29, 1.82) is 0 Å². The number of rotatable bonds is 9. The van der Waals surface area contributed by atoms with Gasteiger partial charge in [0.1, 0.15) is 12.6 Å². The zero-order chi connectivity index (χ0) is 24.1. The van der Waals surface area contributed by atoms with Crippen molar-refractivity contribution in [3.8, 4) is 11.1 Å². The third-order valence-corrected chi connectivity index (χ3v) is 7.34. The minimum Gasteiger partial charge on any atom is -0.481 e. The number of ether oxygens (including phenoxy) is 1. The predicted octanol–water partition coefficient (Wildman–Crippen LogP) is 4.02. The molecular formula is C26H30N2O5S. The molecule has 0 spiro atoms. The van der Waals surface area contributed by atoms with Crippen molar-refractivity contribution >= 4 is 29.7 Å². The first-order valence-corrected chi connectivity index (χ1v) is 13.0. The second-order valence-corrected chi connectivity index (χ2v) is 9.84. The Morgan fingerprint density at radius 1 is 1.06 bits per heavy atom. The summed E-state index contributed by atoms with van der Waals surface area (Å²) in [6.07, 6.45) is 3.38. The number of amides is 2. The molecule has 2 aromatic carbocycles. The molecule has 2 amide bonds. The minimum absolute atomic E-state index is 0.0527. The molecule has 2 aromatic rings. The molecule has 0 heterocycles. The van der Waals surface area contributed by atoms with Crippen molar-refractivity contribution in [3.05, 3.63) is 59.7 Å². The molecule has 0 aromatic heterocycles. The average molecular weight is 483 g/mol. The van der Waals surface area contributed by atoms with Gasteiger partial charge >= 0.3 is 12.1 Å². The topological polar surface area (TPSA) is 105 Å². The highest BCUT2D eigenvalue weighted by Crippen LogP contribution is 2.44. The van der Waals surface area contributed by atoms with Crippen LogP contribution in [0.4, 0.5) is 4.79 Å². The normalized spacial score (nSPS) is 19.7. The Morgan fingerprint density at radius 3 is 2.29 bits per heavy atom. The van der Waals surface area contributed by atoms with Crippen LogP contribution in [0, 0.1) is 5.92 Å². The number of nitrogens with one attached hydrogen (secondary N) is 2. The molecule has 2 unspecified atom stereocenters. The number of thioether (sulfide) groups is 1. The van der Waals surface area contributed by atoms with E-state index in [1.54, 1.807) is 11.8 Å². The van der Waals surface area contributed by atoms with Gasteiger partial charge in [0.25, 0.3) is 0 Å². The summed E-state index contributed by atoms with van der Waals surface area (Å²) in [4.78, 5) is 36.7. The van der Waals surface area contributed by atoms with Crippen LogP contribution in [-0.4, -0.2) is 53.8 Å². The summed E-state index contributed by atoms with van der Waals surface area (Å²) in [5, 5.41) is 14.8. The molecule has 0 radical (unpaired) electrons. The van der Waals surface area contributed by atoms with Crippen LogP contribution in [0.5, 0.6) is 0 Å². The van der Waals surface area contributed by atoms with Gasteiger partial charge in [-0.25, -0.2) is 4.79 Å². The van der Waals surface area contributed by atoms with Gasteiger partial charge in [-0.3, -0.25) is 9.59 Å². The largest absolute Gasteiger partial charge is 0.481 e. The maximum Gasteiger partial charge on any atom is 0.407 e. The lowest BCUT2D eigenvalue weighted by Crippen LogP contribution is -2.49. The van der Waals surface area contributed by atoms with Crippen LogP contribution >= 0.6 is 11.8 Å². The summed E-state index contributed by atoms with van der Waals surface area (Å²) < 4.78 is 5.60. The Kier molecular flexibility index (Phi) is 7.77. The van der Waals surface area contributed by atoms with E-state index in [2.05, 4.69) is 34.9 Å². The summed E-state index contributed by atoms with van der Waals surface area (Å²) in [6.45, 7) is 0.180. The standard InChI is InChI=1S/C26H30N2O5S/c1-34-13-12-23(24(29)27-17-11-10-16(14-17)25(30)31)28-26(32)33-15-22-20-8-4-2-6-18(20)19-7-3-5-9-21(19)22/h2-9,16-17,22-23H,10-15H2,1H3,(H,27,29)(H,28,32)(H,30,31)/t16?,17?,23-/m0/s1. The quantitative estimate of drug-likeness (QED) is 0.499. The molecule has 1 fully saturated rings. The number of carboxylic acid groups (broad SMARTS) is 1. The fourth-order valence-electron chi connectivity index (χ4n) is 4.93. The van der Waals surface area contributed by atoms with E-state index in [-0.39, 0.29) is 24.5 Å². The van der Waals surface area contributed by atoms with E-state index in [0.29, 0.717) is 31.4 Å². The molecule has 8 heteroatoms. The second-order valence-electron chi connectivity index (χ2n) is 8.86. The van der Waals surface area contributed by atoms with E-state index in [1.165, 1.54) is 0 Å². The molecule has 0 bridgehead atoms. The lowest BCUT2D eigenvalue weighted by molar-refractivity contribution is -0.141.